The van der Waals surface area contributed by atoms with Crippen molar-refractivity contribution in [2.24, 2.45) is 5.41 Å². The zero-order valence-electron chi connectivity index (χ0n) is 13.1. The molecule has 22 heavy (non-hydrogen) atoms. The third kappa shape index (κ3) is 2.03. The number of fused-ring (bicyclic) bond motifs is 2. The molecule has 1 aliphatic carbocycles. The van der Waals surface area contributed by atoms with Gasteiger partial charge in [-0.05, 0) is 24.0 Å². The lowest BCUT2D eigenvalue weighted by molar-refractivity contribution is -0.136. The third-order valence-electron chi connectivity index (χ3n) is 4.56. The van der Waals surface area contributed by atoms with Gasteiger partial charge in [0.25, 0.3) is 5.91 Å². The van der Waals surface area contributed by atoms with Crippen LogP contribution in [0.25, 0.3) is 0 Å². The van der Waals surface area contributed by atoms with E-state index in [9.17, 15) is 14.4 Å². The van der Waals surface area contributed by atoms with Gasteiger partial charge in [0.1, 0.15) is 5.54 Å². The molecular weight excluding hydrogens is 280 g/mol. The highest BCUT2D eigenvalue weighted by Gasteiger charge is 2.55. The number of carbonyl (C=O) groups excluding carboxylic acids is 3. The molecule has 1 fully saturated rings. The lowest BCUT2D eigenvalue weighted by Crippen LogP contribution is -2.43. The van der Waals surface area contributed by atoms with E-state index in [2.05, 4.69) is 5.32 Å². The highest BCUT2D eigenvalue weighted by Crippen LogP contribution is 2.41. The van der Waals surface area contributed by atoms with Gasteiger partial charge in [-0.3, -0.25) is 14.5 Å². The highest BCUT2D eigenvalue weighted by atomic mass is 16.2. The Kier molecular flexibility index (Phi) is 3.13. The van der Waals surface area contributed by atoms with Gasteiger partial charge in [-0.25, -0.2) is 4.79 Å². The van der Waals surface area contributed by atoms with Crippen molar-refractivity contribution in [2.75, 3.05) is 6.54 Å². The van der Waals surface area contributed by atoms with E-state index >= 15 is 0 Å². The molecule has 0 saturated carbocycles. The van der Waals surface area contributed by atoms with Crippen LogP contribution < -0.4 is 5.32 Å². The normalized spacial score (nSPS) is 23.9. The summed E-state index contributed by atoms with van der Waals surface area (Å²) in [5, 5.41) is 2.83. The van der Waals surface area contributed by atoms with Crippen LogP contribution in [0, 0.1) is 5.41 Å². The SMILES string of the molecule is CC(C)(C)C(=O)CN1C(=O)N[C@@]2(CCc3ccccc32)C1=O. The molecule has 0 bridgehead atoms. The van der Waals surface area contributed by atoms with Crippen molar-refractivity contribution in [3.63, 3.8) is 0 Å². The van der Waals surface area contributed by atoms with Crippen LogP contribution in [0.2, 0.25) is 0 Å². The number of nitrogens with one attached hydrogen (secondary N) is 1. The second-order valence-electron chi connectivity index (χ2n) is 7.06. The molecule has 1 heterocycles. The monoisotopic (exact) mass is 300 g/mol. The Balaban J connectivity index is 1.92. The summed E-state index contributed by atoms with van der Waals surface area (Å²) < 4.78 is 0. The first kappa shape index (κ1) is 14.8. The Labute approximate surface area is 129 Å². The smallest absolute Gasteiger partial charge is 0.319 e. The van der Waals surface area contributed by atoms with Crippen molar-refractivity contribution in [1.82, 2.24) is 10.2 Å². The summed E-state index contributed by atoms with van der Waals surface area (Å²) in [6, 6.07) is 7.19. The van der Waals surface area contributed by atoms with Gasteiger partial charge in [0.05, 0.1) is 6.54 Å². The molecule has 1 N–H and O–H groups in total. The highest BCUT2D eigenvalue weighted by molar-refractivity contribution is 6.10. The summed E-state index contributed by atoms with van der Waals surface area (Å²) in [6.45, 7) is 5.19. The number of hydrogen-bond donors (Lipinski definition) is 1. The number of amides is 3. The van der Waals surface area contributed by atoms with Crippen molar-refractivity contribution in [3.05, 3.63) is 35.4 Å². The molecule has 1 aromatic carbocycles. The lowest BCUT2D eigenvalue weighted by Gasteiger charge is -2.23. The van der Waals surface area contributed by atoms with Gasteiger partial charge in [0, 0.05) is 5.41 Å². The van der Waals surface area contributed by atoms with Gasteiger partial charge in [-0.2, -0.15) is 0 Å². The third-order valence-corrected chi connectivity index (χ3v) is 4.56. The van der Waals surface area contributed by atoms with Gasteiger partial charge < -0.3 is 5.32 Å². The number of rotatable bonds is 2. The quantitative estimate of drug-likeness (QED) is 0.849. The molecule has 1 aromatic rings. The topological polar surface area (TPSA) is 66.5 Å². The van der Waals surface area contributed by atoms with Crippen molar-refractivity contribution in [2.45, 2.75) is 39.2 Å². The number of ketones is 1. The molecule has 0 aromatic heterocycles. The maximum atomic E-state index is 12.9. The Morgan fingerprint density at radius 2 is 1.95 bits per heavy atom. The molecule has 5 heteroatoms. The molecule has 1 aliphatic heterocycles. The van der Waals surface area contributed by atoms with Crippen molar-refractivity contribution in [1.29, 1.82) is 0 Å². The zero-order chi connectivity index (χ0) is 16.1. The van der Waals surface area contributed by atoms with E-state index in [1.54, 1.807) is 20.8 Å². The summed E-state index contributed by atoms with van der Waals surface area (Å²) in [5.74, 6) is -0.431. The summed E-state index contributed by atoms with van der Waals surface area (Å²) >= 11 is 0. The molecule has 0 unspecified atom stereocenters. The van der Waals surface area contributed by atoms with Gasteiger partial charge in [0.2, 0.25) is 0 Å². The van der Waals surface area contributed by atoms with E-state index in [0.717, 1.165) is 22.4 Å². The van der Waals surface area contributed by atoms with Crippen molar-refractivity contribution in [3.8, 4) is 0 Å². The Morgan fingerprint density at radius 3 is 2.64 bits per heavy atom. The van der Waals surface area contributed by atoms with E-state index in [4.69, 9.17) is 0 Å². The van der Waals surface area contributed by atoms with E-state index < -0.39 is 17.0 Å². The first-order valence-electron chi connectivity index (χ1n) is 7.51. The summed E-state index contributed by atoms with van der Waals surface area (Å²) in [5.41, 5.74) is 0.384. The van der Waals surface area contributed by atoms with Crippen LogP contribution >= 0.6 is 0 Å². The van der Waals surface area contributed by atoms with Crippen LogP contribution in [0.4, 0.5) is 4.79 Å². The second kappa shape index (κ2) is 4.66. The average molecular weight is 300 g/mol. The molecule has 3 rings (SSSR count). The number of nitrogens with zero attached hydrogens (tertiary/aromatic N) is 1. The van der Waals surface area contributed by atoms with Gasteiger partial charge >= 0.3 is 6.03 Å². The van der Waals surface area contributed by atoms with E-state index in [1.807, 2.05) is 24.3 Å². The fourth-order valence-electron chi connectivity index (χ4n) is 3.11. The van der Waals surface area contributed by atoms with E-state index in [1.165, 1.54) is 0 Å². The first-order chi connectivity index (χ1) is 10.3. The summed E-state index contributed by atoms with van der Waals surface area (Å²) in [7, 11) is 0. The fraction of sp³-hybridized carbons (Fsp3) is 0.471. The largest absolute Gasteiger partial charge is 0.325 e. The number of hydrogen-bond acceptors (Lipinski definition) is 3. The molecule has 5 nitrogen and oxygen atoms in total. The van der Waals surface area contributed by atoms with Crippen LogP contribution in [0.15, 0.2) is 24.3 Å². The van der Waals surface area contributed by atoms with Crippen LogP contribution in [0.5, 0.6) is 0 Å². The Hall–Kier alpha value is -2.17. The summed E-state index contributed by atoms with van der Waals surface area (Å²) in [6.07, 6.45) is 1.31. The zero-order valence-corrected chi connectivity index (χ0v) is 13.1. The Bertz CT molecular complexity index is 675. The van der Waals surface area contributed by atoms with Crippen molar-refractivity contribution < 1.29 is 14.4 Å². The molecule has 1 atom stereocenters. The number of carbonyl (C=O) groups is 3. The second-order valence-corrected chi connectivity index (χ2v) is 7.06. The van der Waals surface area contributed by atoms with E-state index in [0.29, 0.717) is 6.42 Å². The fourth-order valence-corrected chi connectivity index (χ4v) is 3.11. The Morgan fingerprint density at radius 1 is 1.27 bits per heavy atom. The lowest BCUT2D eigenvalue weighted by atomic mass is 9.89. The van der Waals surface area contributed by atoms with Crippen LogP contribution in [0.1, 0.15) is 38.3 Å². The molecule has 116 valence electrons. The first-order valence-corrected chi connectivity index (χ1v) is 7.51. The number of Topliss-reactive ketones (excluding diaryl/α,β-unsaturated/α-hetero) is 1. The molecule has 2 aliphatic rings. The predicted molar refractivity (Wildman–Crippen MR) is 81.1 cm³/mol. The van der Waals surface area contributed by atoms with Gasteiger partial charge in [-0.15, -0.1) is 0 Å². The number of imide groups is 1. The number of aryl methyl sites for hydroxylation is 1. The standard InChI is InChI=1S/C17H20N2O3/c1-16(2,3)13(20)10-19-14(21)17(18-15(19)22)9-8-11-6-4-5-7-12(11)17/h4-7H,8-10H2,1-3H3,(H,18,22)/t17-/m1/s1. The maximum Gasteiger partial charge on any atom is 0.325 e. The minimum absolute atomic E-state index is 0.126. The van der Waals surface area contributed by atoms with Crippen LogP contribution in [-0.2, 0) is 21.5 Å². The number of urea groups is 1. The molecule has 1 spiro atoms. The number of benzene rings is 1. The summed E-state index contributed by atoms with van der Waals surface area (Å²) in [4.78, 5) is 38.4. The van der Waals surface area contributed by atoms with Gasteiger partial charge in [0.15, 0.2) is 5.78 Å². The molecule has 0 radical (unpaired) electrons. The molecular formula is C17H20N2O3. The van der Waals surface area contributed by atoms with Crippen molar-refractivity contribution >= 4 is 17.7 Å². The van der Waals surface area contributed by atoms with Gasteiger partial charge in [-0.1, -0.05) is 45.0 Å². The molecule has 1 saturated heterocycles. The maximum absolute atomic E-state index is 12.9. The van der Waals surface area contributed by atoms with E-state index in [-0.39, 0.29) is 18.2 Å². The minimum atomic E-state index is -0.980. The predicted octanol–water partition coefficient (Wildman–Crippen LogP) is 2.00. The van der Waals surface area contributed by atoms with Crippen LogP contribution in [0.3, 0.4) is 0 Å². The average Bonchev–Trinajstić information content (AvgIpc) is 2.93. The molecule has 3 amide bonds. The van der Waals surface area contributed by atoms with Crippen LogP contribution in [-0.4, -0.2) is 29.2 Å². The minimum Gasteiger partial charge on any atom is -0.319 e.